The summed E-state index contributed by atoms with van der Waals surface area (Å²) in [7, 11) is 1.86. The number of allylic oxidation sites excluding steroid dienone is 2. The van der Waals surface area contributed by atoms with E-state index in [4.69, 9.17) is 11.6 Å². The zero-order valence-corrected chi connectivity index (χ0v) is 20.4. The van der Waals surface area contributed by atoms with Crippen molar-refractivity contribution in [2.75, 3.05) is 18.4 Å². The second-order valence-corrected chi connectivity index (χ2v) is 10.2. The normalized spacial score (nSPS) is 20.3. The lowest BCUT2D eigenvalue weighted by molar-refractivity contribution is 0.0607. The van der Waals surface area contributed by atoms with E-state index in [9.17, 15) is 4.79 Å². The first-order valence-corrected chi connectivity index (χ1v) is 12.5. The molecular weight excluding hydrogens is 465 g/mol. The molecule has 2 aliphatic heterocycles. The van der Waals surface area contributed by atoms with Crippen LogP contribution in [0.2, 0.25) is 5.02 Å². The zero-order chi connectivity index (χ0) is 24.2. The lowest BCUT2D eigenvalue weighted by Gasteiger charge is -2.35. The Hall–Kier alpha value is -3.19. The van der Waals surface area contributed by atoms with E-state index in [1.807, 2.05) is 13.2 Å². The molecular formula is C27H27ClFN5O. The van der Waals surface area contributed by atoms with E-state index >= 15 is 4.39 Å². The van der Waals surface area contributed by atoms with Gasteiger partial charge in [0.15, 0.2) is 0 Å². The number of nitrogens with one attached hydrogen (secondary N) is 1. The molecule has 35 heavy (non-hydrogen) atoms. The van der Waals surface area contributed by atoms with Crippen molar-refractivity contribution in [3.63, 3.8) is 0 Å². The average molecular weight is 492 g/mol. The molecule has 1 amide bonds. The molecule has 1 aliphatic carbocycles. The first-order chi connectivity index (χ1) is 17.0. The lowest BCUT2D eigenvalue weighted by atomic mass is 9.80. The summed E-state index contributed by atoms with van der Waals surface area (Å²) < 4.78 is 17.8. The highest BCUT2D eigenvalue weighted by atomic mass is 35.5. The summed E-state index contributed by atoms with van der Waals surface area (Å²) in [6, 6.07) is 4.86. The molecule has 1 unspecified atom stereocenters. The fourth-order valence-electron chi connectivity index (χ4n) is 5.88. The number of halogens is 2. The number of benzene rings is 1. The highest BCUT2D eigenvalue weighted by molar-refractivity contribution is 6.34. The van der Waals surface area contributed by atoms with Crippen molar-refractivity contribution in [2.24, 2.45) is 7.05 Å². The molecule has 4 heterocycles. The Morgan fingerprint density at radius 2 is 2.03 bits per heavy atom. The van der Waals surface area contributed by atoms with Crippen molar-refractivity contribution >= 4 is 23.3 Å². The number of fused-ring (bicyclic) bond motifs is 2. The van der Waals surface area contributed by atoms with Crippen LogP contribution < -0.4 is 5.32 Å². The second kappa shape index (κ2) is 8.48. The van der Waals surface area contributed by atoms with E-state index in [-0.39, 0.29) is 22.9 Å². The molecule has 1 aromatic carbocycles. The Kier molecular flexibility index (Phi) is 5.40. The van der Waals surface area contributed by atoms with Crippen molar-refractivity contribution in [3.8, 4) is 11.1 Å². The van der Waals surface area contributed by atoms with Gasteiger partial charge in [0.25, 0.3) is 5.91 Å². The number of aromatic nitrogens is 3. The van der Waals surface area contributed by atoms with Crippen LogP contribution >= 0.6 is 11.6 Å². The first-order valence-electron chi connectivity index (χ1n) is 12.1. The Balaban J connectivity index is 1.38. The molecule has 1 atom stereocenters. The van der Waals surface area contributed by atoms with Gasteiger partial charge in [-0.25, -0.2) is 9.37 Å². The van der Waals surface area contributed by atoms with Crippen molar-refractivity contribution in [2.45, 2.75) is 43.6 Å². The van der Waals surface area contributed by atoms with Crippen LogP contribution in [0.1, 0.15) is 59.6 Å². The lowest BCUT2D eigenvalue weighted by Crippen LogP contribution is -2.38. The second-order valence-electron chi connectivity index (χ2n) is 9.85. The van der Waals surface area contributed by atoms with Crippen molar-refractivity contribution in [1.82, 2.24) is 19.7 Å². The largest absolute Gasteiger partial charge is 0.369 e. The molecule has 1 N–H and O–H groups in total. The minimum atomic E-state index is -0.554. The van der Waals surface area contributed by atoms with Crippen molar-refractivity contribution in [3.05, 3.63) is 76.5 Å². The molecule has 6 nitrogen and oxygen atoms in total. The van der Waals surface area contributed by atoms with Gasteiger partial charge in [-0.2, -0.15) is 5.10 Å². The average Bonchev–Trinajstić information content (AvgIpc) is 3.61. The third kappa shape index (κ3) is 3.56. The Labute approximate surface area is 208 Å². The van der Waals surface area contributed by atoms with Crippen molar-refractivity contribution in [1.29, 1.82) is 0 Å². The fraction of sp³-hybridized carbons (Fsp3) is 0.370. The van der Waals surface area contributed by atoms with Crippen LogP contribution in [0.25, 0.3) is 11.1 Å². The number of likely N-dealkylation sites (tertiary alicyclic amines) is 1. The third-order valence-corrected chi connectivity index (χ3v) is 8.11. The number of hydrogen-bond donors (Lipinski definition) is 1. The Morgan fingerprint density at radius 3 is 2.80 bits per heavy atom. The van der Waals surface area contributed by atoms with Crippen LogP contribution in [-0.2, 0) is 12.5 Å². The molecule has 0 saturated carbocycles. The number of amides is 1. The number of piperidine rings is 1. The van der Waals surface area contributed by atoms with Gasteiger partial charge in [0.05, 0.1) is 22.8 Å². The van der Waals surface area contributed by atoms with Gasteiger partial charge in [-0.05, 0) is 38.2 Å². The van der Waals surface area contributed by atoms with Crippen molar-refractivity contribution < 1.29 is 9.18 Å². The van der Waals surface area contributed by atoms with Gasteiger partial charge in [0.2, 0.25) is 0 Å². The SMILES string of the molecule is Cn1cc(C2CCCCN2C(=O)c2cccc(-c3cnc4c(c3Cl)C3(CC=CC3)CN4)c2F)cn1. The molecule has 6 rings (SSSR count). The summed E-state index contributed by atoms with van der Waals surface area (Å²) in [6.07, 6.45) is 14.2. The molecule has 8 heteroatoms. The van der Waals surface area contributed by atoms with E-state index in [0.717, 1.165) is 55.6 Å². The van der Waals surface area contributed by atoms with Crippen LogP contribution in [-0.4, -0.2) is 38.7 Å². The van der Waals surface area contributed by atoms with Crippen LogP contribution in [0.4, 0.5) is 10.2 Å². The number of rotatable bonds is 3. The molecule has 0 radical (unpaired) electrons. The standard InChI is InChI=1S/C27H27ClFN5O/c1-33-15-17(13-32-33)21-9-2-5-12-34(21)26(35)19-8-6-7-18(24(19)29)20-14-30-25-22(23(20)28)27(16-31-25)10-3-4-11-27/h3-4,6-8,13-15,21H,2,5,9-12,16H2,1H3,(H,30,31). The zero-order valence-electron chi connectivity index (χ0n) is 19.6. The topological polar surface area (TPSA) is 63.1 Å². The number of nitrogens with zero attached hydrogens (tertiary/aromatic N) is 4. The molecule has 1 spiro atoms. The number of pyridine rings is 1. The quantitative estimate of drug-likeness (QED) is 0.480. The van der Waals surface area contributed by atoms with Gasteiger partial charge < -0.3 is 10.2 Å². The number of hydrogen-bond acceptors (Lipinski definition) is 4. The molecule has 180 valence electrons. The molecule has 1 saturated heterocycles. The minimum Gasteiger partial charge on any atom is -0.369 e. The number of carbonyl (C=O) groups is 1. The summed E-state index contributed by atoms with van der Waals surface area (Å²) in [6.45, 7) is 1.35. The van der Waals surface area contributed by atoms with Crippen LogP contribution in [0.15, 0.2) is 48.9 Å². The predicted molar refractivity (Wildman–Crippen MR) is 134 cm³/mol. The maximum Gasteiger partial charge on any atom is 0.257 e. The Morgan fingerprint density at radius 1 is 1.20 bits per heavy atom. The summed E-state index contributed by atoms with van der Waals surface area (Å²) in [4.78, 5) is 20.0. The minimum absolute atomic E-state index is 0.0604. The molecule has 2 aromatic heterocycles. The van der Waals surface area contributed by atoms with Crippen LogP contribution in [0.3, 0.4) is 0 Å². The number of anilines is 1. The highest BCUT2D eigenvalue weighted by Gasteiger charge is 2.42. The molecule has 3 aliphatic rings. The summed E-state index contributed by atoms with van der Waals surface area (Å²) in [5, 5.41) is 8.15. The van der Waals surface area contributed by atoms with Crippen LogP contribution in [0.5, 0.6) is 0 Å². The fourth-order valence-corrected chi connectivity index (χ4v) is 6.32. The number of aryl methyl sites for hydroxylation is 1. The highest BCUT2D eigenvalue weighted by Crippen LogP contribution is 2.50. The predicted octanol–water partition coefficient (Wildman–Crippen LogP) is 5.66. The van der Waals surface area contributed by atoms with Gasteiger partial charge in [0, 0.05) is 60.2 Å². The number of carbonyl (C=O) groups excluding carboxylic acids is 1. The van der Waals surface area contributed by atoms with E-state index in [1.165, 1.54) is 0 Å². The van der Waals surface area contributed by atoms with Gasteiger partial charge in [0.1, 0.15) is 11.6 Å². The van der Waals surface area contributed by atoms with E-state index in [1.54, 1.807) is 40.2 Å². The maximum atomic E-state index is 16.0. The van der Waals surface area contributed by atoms with E-state index in [0.29, 0.717) is 22.7 Å². The van der Waals surface area contributed by atoms with E-state index < -0.39 is 5.82 Å². The molecule has 1 fully saturated rings. The summed E-state index contributed by atoms with van der Waals surface area (Å²) in [5.41, 5.74) is 2.68. The van der Waals surface area contributed by atoms with E-state index in [2.05, 4.69) is 27.6 Å². The third-order valence-electron chi connectivity index (χ3n) is 7.72. The molecule has 0 bridgehead atoms. The van der Waals surface area contributed by atoms with Gasteiger partial charge in [-0.15, -0.1) is 0 Å². The summed E-state index contributed by atoms with van der Waals surface area (Å²) in [5.74, 6) is -0.0924. The maximum absolute atomic E-state index is 16.0. The smallest absolute Gasteiger partial charge is 0.257 e. The first kappa shape index (κ1) is 22.3. The summed E-state index contributed by atoms with van der Waals surface area (Å²) >= 11 is 6.94. The Bertz CT molecular complexity index is 1340. The van der Waals surface area contributed by atoms with Gasteiger partial charge in [-0.1, -0.05) is 35.9 Å². The van der Waals surface area contributed by atoms with Gasteiger partial charge >= 0.3 is 0 Å². The van der Waals surface area contributed by atoms with Gasteiger partial charge in [-0.3, -0.25) is 9.48 Å². The molecule has 3 aromatic rings. The van der Waals surface area contributed by atoms with Crippen LogP contribution in [0, 0.1) is 5.82 Å². The monoisotopic (exact) mass is 491 g/mol.